The van der Waals surface area contributed by atoms with Gasteiger partial charge in [-0.3, -0.25) is 0 Å². The molecule has 0 aliphatic carbocycles. The van der Waals surface area contributed by atoms with Gasteiger partial charge < -0.3 is 19.3 Å². The Hall–Kier alpha value is -2.93. The lowest BCUT2D eigenvalue weighted by Crippen LogP contribution is -2.09. The molecule has 0 radical (unpaired) electrons. The second kappa shape index (κ2) is 19.1. The van der Waals surface area contributed by atoms with Gasteiger partial charge in [0.05, 0.1) is 19.3 Å². The first-order valence-corrected chi connectivity index (χ1v) is 6.92. The molecule has 0 saturated heterocycles. The first-order valence-electron chi connectivity index (χ1n) is 6.92. The van der Waals surface area contributed by atoms with E-state index in [1.807, 2.05) is 0 Å². The van der Waals surface area contributed by atoms with Crippen molar-refractivity contribution < 1.29 is 33.7 Å². The highest BCUT2D eigenvalue weighted by Gasteiger charge is 2.04. The van der Waals surface area contributed by atoms with E-state index < -0.39 is 11.9 Å². The van der Waals surface area contributed by atoms with Gasteiger partial charge in [0.1, 0.15) is 13.2 Å². The fourth-order valence-electron chi connectivity index (χ4n) is 0.675. The van der Waals surface area contributed by atoms with E-state index >= 15 is 0 Å². The van der Waals surface area contributed by atoms with Crippen LogP contribution in [0.2, 0.25) is 0 Å². The molecule has 7 heteroatoms. The van der Waals surface area contributed by atoms with E-state index in [9.17, 15) is 14.4 Å². The topological polar surface area (TPSA) is 99.1 Å². The van der Waals surface area contributed by atoms with Gasteiger partial charge in [-0.05, 0) is 6.92 Å². The molecule has 140 valence electrons. The summed E-state index contributed by atoms with van der Waals surface area (Å²) in [7, 11) is 1.33. The molecule has 0 bridgehead atoms. The maximum absolute atomic E-state index is 10.6. The van der Waals surface area contributed by atoms with Crippen LogP contribution in [0.25, 0.3) is 0 Å². The van der Waals surface area contributed by atoms with Crippen molar-refractivity contribution >= 4 is 17.9 Å². The Morgan fingerprint density at radius 2 is 1.44 bits per heavy atom. The van der Waals surface area contributed by atoms with E-state index in [1.165, 1.54) is 19.3 Å². The highest BCUT2D eigenvalue weighted by molar-refractivity contribution is 5.88. The van der Waals surface area contributed by atoms with Gasteiger partial charge in [-0.25, -0.2) is 14.4 Å². The highest BCUT2D eigenvalue weighted by Crippen LogP contribution is 1.91. The van der Waals surface area contributed by atoms with Crippen molar-refractivity contribution in [3.05, 3.63) is 62.3 Å². The lowest BCUT2D eigenvalue weighted by Gasteiger charge is -2.00. The lowest BCUT2D eigenvalue weighted by molar-refractivity contribution is -0.138. The minimum atomic E-state index is -0.581. The number of carbonyl (C=O) groups excluding carboxylic acids is 3. The van der Waals surface area contributed by atoms with Gasteiger partial charge in [0, 0.05) is 11.6 Å². The molecule has 25 heavy (non-hydrogen) atoms. The summed E-state index contributed by atoms with van der Waals surface area (Å²) in [4.78, 5) is 31.0. The van der Waals surface area contributed by atoms with E-state index in [-0.39, 0.29) is 31.4 Å². The average Bonchev–Trinajstić information content (AvgIpc) is 2.63. The minimum Gasteiger partial charge on any atom is -0.466 e. The Labute approximate surface area is 148 Å². The summed E-state index contributed by atoms with van der Waals surface area (Å²) in [6.07, 6.45) is 4.06. The molecule has 0 saturated carbocycles. The number of rotatable bonds is 8. The van der Waals surface area contributed by atoms with Crippen LogP contribution in [0.15, 0.2) is 62.3 Å². The molecule has 0 aliphatic rings. The molecular formula is C18H26O7. The van der Waals surface area contributed by atoms with Crippen molar-refractivity contribution in [1.29, 1.82) is 0 Å². The average molecular weight is 354 g/mol. The molecule has 0 aliphatic heterocycles. The lowest BCUT2D eigenvalue weighted by atomic mass is 10.3. The number of methoxy groups -OCH3 is 1. The number of hydrogen-bond acceptors (Lipinski definition) is 7. The van der Waals surface area contributed by atoms with Crippen LogP contribution in [0.5, 0.6) is 0 Å². The molecule has 0 fully saturated rings. The van der Waals surface area contributed by atoms with Crippen molar-refractivity contribution in [3.8, 4) is 0 Å². The van der Waals surface area contributed by atoms with E-state index in [0.717, 1.165) is 6.08 Å². The number of hydrogen-bond donors (Lipinski definition) is 1. The van der Waals surface area contributed by atoms with Gasteiger partial charge in [0.15, 0.2) is 0 Å². The van der Waals surface area contributed by atoms with Crippen LogP contribution in [0.3, 0.4) is 0 Å². The van der Waals surface area contributed by atoms with Crippen LogP contribution in [0, 0.1) is 0 Å². The second-order valence-corrected chi connectivity index (χ2v) is 4.04. The molecule has 0 rings (SSSR count). The third-order valence-corrected chi connectivity index (χ3v) is 1.86. The molecule has 1 N–H and O–H groups in total. The zero-order valence-electron chi connectivity index (χ0n) is 14.8. The van der Waals surface area contributed by atoms with Crippen LogP contribution < -0.4 is 0 Å². The number of carbonyl (C=O) groups is 3. The standard InChI is InChI=1S/C7H10O3.C6H8O2.C5H8O2/c1-3-4-10-7(9)6(2)5-8;1-3-5-8-6(7)4-2;1-4(2)5(6)7-3/h3,8H,1-2,4-5H2;3-4H,1-2,5H2;1H2,2-3H3. The fraction of sp³-hybridized carbons (Fsp3) is 0.278. The van der Waals surface area contributed by atoms with Gasteiger partial charge >= 0.3 is 17.9 Å². The highest BCUT2D eigenvalue weighted by atomic mass is 16.5. The summed E-state index contributed by atoms with van der Waals surface area (Å²) in [5, 5.41) is 8.38. The van der Waals surface area contributed by atoms with Gasteiger partial charge in [-0.2, -0.15) is 0 Å². The number of aliphatic hydroxyl groups excluding tert-OH is 1. The molecule has 0 atom stereocenters. The van der Waals surface area contributed by atoms with Crippen LogP contribution in [-0.2, 0) is 28.6 Å². The Kier molecular flexibility index (Phi) is 20.6. The Morgan fingerprint density at radius 1 is 0.960 bits per heavy atom. The van der Waals surface area contributed by atoms with E-state index in [4.69, 9.17) is 5.11 Å². The summed E-state index contributed by atoms with van der Waals surface area (Å²) in [5.41, 5.74) is 0.490. The summed E-state index contributed by atoms with van der Waals surface area (Å²) in [6, 6.07) is 0. The third kappa shape index (κ3) is 21.1. The summed E-state index contributed by atoms with van der Waals surface area (Å²) < 4.78 is 13.3. The van der Waals surface area contributed by atoms with Gasteiger partial charge in [-0.1, -0.05) is 45.0 Å². The Bertz CT molecular complexity index is 490. The molecule has 0 aromatic rings. The molecule has 7 nitrogen and oxygen atoms in total. The predicted octanol–water partition coefficient (Wildman–Crippen LogP) is 1.90. The van der Waals surface area contributed by atoms with Crippen LogP contribution in [0.1, 0.15) is 6.92 Å². The molecule has 0 amide bonds. The Morgan fingerprint density at radius 3 is 1.72 bits per heavy atom. The summed E-state index contributed by atoms with van der Waals surface area (Å²) >= 11 is 0. The maximum Gasteiger partial charge on any atom is 0.336 e. The van der Waals surface area contributed by atoms with Crippen LogP contribution >= 0.6 is 0 Å². The van der Waals surface area contributed by atoms with E-state index in [0.29, 0.717) is 5.57 Å². The normalized spacial score (nSPS) is 7.96. The van der Waals surface area contributed by atoms with Crippen molar-refractivity contribution in [3.63, 3.8) is 0 Å². The quantitative estimate of drug-likeness (QED) is 0.307. The fourth-order valence-corrected chi connectivity index (χ4v) is 0.675. The van der Waals surface area contributed by atoms with Crippen LogP contribution in [0.4, 0.5) is 0 Å². The van der Waals surface area contributed by atoms with Gasteiger partial charge in [0.25, 0.3) is 0 Å². The van der Waals surface area contributed by atoms with Crippen molar-refractivity contribution in [2.24, 2.45) is 0 Å². The predicted molar refractivity (Wildman–Crippen MR) is 95.6 cm³/mol. The van der Waals surface area contributed by atoms with Gasteiger partial charge in [-0.15, -0.1) is 0 Å². The zero-order valence-corrected chi connectivity index (χ0v) is 14.8. The van der Waals surface area contributed by atoms with Crippen molar-refractivity contribution in [1.82, 2.24) is 0 Å². The van der Waals surface area contributed by atoms with E-state index in [2.05, 4.69) is 47.1 Å². The maximum atomic E-state index is 10.6. The van der Waals surface area contributed by atoms with Crippen LogP contribution in [-0.4, -0.2) is 49.9 Å². The number of esters is 3. The molecule has 0 spiro atoms. The Balaban J connectivity index is -0.000000296. The van der Waals surface area contributed by atoms with Crippen molar-refractivity contribution in [2.75, 3.05) is 26.9 Å². The van der Waals surface area contributed by atoms with E-state index in [1.54, 1.807) is 6.92 Å². The second-order valence-electron chi connectivity index (χ2n) is 4.04. The monoisotopic (exact) mass is 354 g/mol. The summed E-state index contributed by atoms with van der Waals surface area (Å²) in [5.74, 6) is -1.34. The minimum absolute atomic E-state index is 0.0573. The number of ether oxygens (including phenoxy) is 3. The SMILES string of the molecule is C=C(C)C(=O)OC.C=CCOC(=O)C(=C)CO.C=CCOC(=O)C=C. The smallest absolute Gasteiger partial charge is 0.336 e. The third-order valence-electron chi connectivity index (χ3n) is 1.86. The van der Waals surface area contributed by atoms with Gasteiger partial charge in [0.2, 0.25) is 0 Å². The molecule has 0 aromatic carbocycles. The largest absolute Gasteiger partial charge is 0.466 e. The molecule has 0 aromatic heterocycles. The van der Waals surface area contributed by atoms with Crippen molar-refractivity contribution in [2.45, 2.75) is 6.92 Å². The molecule has 0 unspecified atom stereocenters. The first-order chi connectivity index (χ1) is 11.7. The number of aliphatic hydroxyl groups is 1. The molecular weight excluding hydrogens is 328 g/mol. The zero-order chi connectivity index (χ0) is 20.3. The molecule has 0 heterocycles. The first kappa shape index (κ1) is 26.9. The summed E-state index contributed by atoms with van der Waals surface area (Å²) in [6.45, 7) is 18.2.